The number of benzene rings is 1. The number of nitrogens with one attached hydrogen (secondary N) is 1. The van der Waals surface area contributed by atoms with Gasteiger partial charge in [-0.15, -0.1) is 0 Å². The number of carboxylic acids is 1. The maximum absolute atomic E-state index is 12.3. The van der Waals surface area contributed by atoms with Gasteiger partial charge in [-0.1, -0.05) is 24.3 Å². The van der Waals surface area contributed by atoms with Crippen LogP contribution in [0.25, 0.3) is 5.57 Å². The van der Waals surface area contributed by atoms with Crippen LogP contribution in [0.2, 0.25) is 0 Å². The monoisotopic (exact) mass is 447 g/mol. The fraction of sp³-hybridized carbons (Fsp3) is 0.385. The molecule has 2 N–H and O–H groups in total. The molecule has 1 unspecified atom stereocenters. The smallest absolute Gasteiger partial charge is 0.303 e. The molecule has 4 rings (SSSR count). The van der Waals surface area contributed by atoms with E-state index >= 15 is 0 Å². The molecule has 2 aliphatic rings. The van der Waals surface area contributed by atoms with E-state index in [1.807, 2.05) is 42.6 Å². The van der Waals surface area contributed by atoms with Gasteiger partial charge in [0.05, 0.1) is 0 Å². The van der Waals surface area contributed by atoms with E-state index in [0.29, 0.717) is 18.2 Å². The van der Waals surface area contributed by atoms with E-state index in [1.54, 1.807) is 6.20 Å². The highest BCUT2D eigenvalue weighted by Crippen LogP contribution is 2.28. The summed E-state index contributed by atoms with van der Waals surface area (Å²) in [5.41, 5.74) is 3.92. The lowest BCUT2D eigenvalue weighted by Gasteiger charge is -2.10. The van der Waals surface area contributed by atoms with Crippen LogP contribution in [-0.4, -0.2) is 47.1 Å². The van der Waals surface area contributed by atoms with E-state index in [1.165, 1.54) is 12.8 Å². The van der Waals surface area contributed by atoms with Crippen LogP contribution < -0.4 is 5.32 Å². The van der Waals surface area contributed by atoms with Crippen LogP contribution in [0.4, 0.5) is 0 Å². The third-order valence-corrected chi connectivity index (χ3v) is 5.82. The molecule has 7 heteroatoms. The summed E-state index contributed by atoms with van der Waals surface area (Å²) in [5, 5.41) is 11.8. The van der Waals surface area contributed by atoms with Crippen molar-refractivity contribution in [1.29, 1.82) is 0 Å². The number of hydrogen-bond acceptors (Lipinski definition) is 5. The quantitative estimate of drug-likeness (QED) is 0.510. The van der Waals surface area contributed by atoms with Crippen molar-refractivity contribution in [1.82, 2.24) is 10.3 Å². The second-order valence-electron chi connectivity index (χ2n) is 8.53. The molecule has 1 aliphatic carbocycles. The second kappa shape index (κ2) is 10.9. The first kappa shape index (κ1) is 22.7. The number of carbonyl (C=O) groups is 2. The Labute approximate surface area is 193 Å². The van der Waals surface area contributed by atoms with E-state index in [2.05, 4.69) is 21.4 Å². The molecule has 2 aromatic rings. The molecule has 172 valence electrons. The first-order valence-electron chi connectivity index (χ1n) is 11.5. The largest absolute Gasteiger partial charge is 0.481 e. The van der Waals surface area contributed by atoms with Crippen molar-refractivity contribution in [2.24, 2.45) is 10.9 Å². The van der Waals surface area contributed by atoms with Crippen LogP contribution in [-0.2, 0) is 14.3 Å². The fourth-order valence-electron chi connectivity index (χ4n) is 3.73. The Morgan fingerprint density at radius 2 is 1.94 bits per heavy atom. The van der Waals surface area contributed by atoms with E-state index in [-0.39, 0.29) is 18.9 Å². The van der Waals surface area contributed by atoms with Crippen molar-refractivity contribution in [3.8, 4) is 0 Å². The summed E-state index contributed by atoms with van der Waals surface area (Å²) in [5.74, 6) is 0.292. The Kier molecular flexibility index (Phi) is 7.50. The van der Waals surface area contributed by atoms with Gasteiger partial charge in [-0.25, -0.2) is 4.99 Å². The van der Waals surface area contributed by atoms with Gasteiger partial charge in [0, 0.05) is 36.5 Å². The summed E-state index contributed by atoms with van der Waals surface area (Å²) in [4.78, 5) is 31.8. The Morgan fingerprint density at radius 3 is 2.64 bits per heavy atom. The Morgan fingerprint density at radius 1 is 1.12 bits per heavy atom. The third kappa shape index (κ3) is 6.51. The molecule has 1 amide bonds. The minimum Gasteiger partial charge on any atom is -0.481 e. The zero-order valence-electron chi connectivity index (χ0n) is 18.6. The van der Waals surface area contributed by atoms with E-state index < -0.39 is 12.0 Å². The van der Waals surface area contributed by atoms with Crippen molar-refractivity contribution >= 4 is 23.3 Å². The van der Waals surface area contributed by atoms with Gasteiger partial charge in [-0.3, -0.25) is 14.6 Å². The normalized spacial score (nSPS) is 17.9. The van der Waals surface area contributed by atoms with Crippen LogP contribution in [0, 0.1) is 5.92 Å². The lowest BCUT2D eigenvalue weighted by atomic mass is 9.96. The summed E-state index contributed by atoms with van der Waals surface area (Å²) in [6.07, 6.45) is 10.5. The number of pyridine rings is 1. The SMILES string of the molecule is O=C(O)CCCC/C=C(\c1ccc(C2=NC(C(=O)NCC3CC3)CO2)cc1)c1cccnc1. The number of rotatable bonds is 11. The van der Waals surface area contributed by atoms with Gasteiger partial charge in [0.1, 0.15) is 6.61 Å². The molecule has 0 spiro atoms. The number of amides is 1. The predicted octanol–water partition coefficient (Wildman–Crippen LogP) is 3.83. The minimum absolute atomic E-state index is 0.0711. The number of aliphatic imine (C=N–C) groups is 1. The summed E-state index contributed by atoms with van der Waals surface area (Å²) in [7, 11) is 0. The molecular formula is C26H29N3O4. The number of nitrogens with zero attached hydrogens (tertiary/aromatic N) is 2. The molecule has 1 aromatic carbocycles. The number of allylic oxidation sites excluding steroid dienone is 1. The minimum atomic E-state index is -0.762. The first-order valence-corrected chi connectivity index (χ1v) is 11.5. The number of aliphatic carboxylic acids is 1. The lowest BCUT2D eigenvalue weighted by molar-refractivity contribution is -0.137. The average Bonchev–Trinajstić information content (AvgIpc) is 3.54. The van der Waals surface area contributed by atoms with Crippen molar-refractivity contribution in [2.75, 3.05) is 13.2 Å². The molecule has 1 saturated carbocycles. The molecule has 1 aromatic heterocycles. The lowest BCUT2D eigenvalue weighted by Crippen LogP contribution is -2.35. The Bertz CT molecular complexity index is 1030. The van der Waals surface area contributed by atoms with E-state index in [9.17, 15) is 9.59 Å². The number of hydrogen-bond donors (Lipinski definition) is 2. The van der Waals surface area contributed by atoms with Crippen molar-refractivity contribution in [3.05, 3.63) is 71.6 Å². The number of unbranched alkanes of at least 4 members (excludes halogenated alkanes) is 2. The van der Waals surface area contributed by atoms with Gasteiger partial charge in [0.15, 0.2) is 6.04 Å². The zero-order chi connectivity index (χ0) is 23.0. The maximum atomic E-state index is 12.3. The van der Waals surface area contributed by atoms with Gasteiger partial charge >= 0.3 is 5.97 Å². The van der Waals surface area contributed by atoms with Crippen LogP contribution in [0.3, 0.4) is 0 Å². The number of aromatic nitrogens is 1. The molecule has 2 heterocycles. The fourth-order valence-corrected chi connectivity index (χ4v) is 3.73. The number of carbonyl (C=O) groups excluding carboxylic acids is 1. The average molecular weight is 448 g/mol. The maximum Gasteiger partial charge on any atom is 0.303 e. The van der Waals surface area contributed by atoms with Crippen LogP contribution in [0.5, 0.6) is 0 Å². The third-order valence-electron chi connectivity index (χ3n) is 5.82. The molecule has 7 nitrogen and oxygen atoms in total. The zero-order valence-corrected chi connectivity index (χ0v) is 18.6. The van der Waals surface area contributed by atoms with E-state index in [4.69, 9.17) is 9.84 Å². The Balaban J connectivity index is 1.44. The summed E-state index contributed by atoms with van der Waals surface area (Å²) in [6, 6.07) is 11.3. The summed E-state index contributed by atoms with van der Waals surface area (Å²) < 4.78 is 5.71. The van der Waals surface area contributed by atoms with Gasteiger partial charge in [0.25, 0.3) is 0 Å². The molecule has 33 heavy (non-hydrogen) atoms. The van der Waals surface area contributed by atoms with Crippen LogP contribution >= 0.6 is 0 Å². The number of carboxylic acid groups (broad SMARTS) is 1. The van der Waals surface area contributed by atoms with E-state index in [0.717, 1.165) is 41.6 Å². The topological polar surface area (TPSA) is 101 Å². The van der Waals surface area contributed by atoms with Crippen LogP contribution in [0.1, 0.15) is 55.2 Å². The first-order chi connectivity index (χ1) is 16.1. The second-order valence-corrected chi connectivity index (χ2v) is 8.53. The summed E-state index contributed by atoms with van der Waals surface area (Å²) >= 11 is 0. The summed E-state index contributed by atoms with van der Waals surface area (Å²) in [6.45, 7) is 0.999. The van der Waals surface area contributed by atoms with Gasteiger partial charge in [-0.05, 0) is 67.4 Å². The van der Waals surface area contributed by atoms with Crippen molar-refractivity contribution in [2.45, 2.75) is 44.6 Å². The highest BCUT2D eigenvalue weighted by atomic mass is 16.5. The Hall–Kier alpha value is -3.48. The molecular weight excluding hydrogens is 418 g/mol. The van der Waals surface area contributed by atoms with Gasteiger partial charge < -0.3 is 15.2 Å². The standard InChI is InChI=1S/C26H29N3O4/c30-24(31)7-3-1-2-6-22(21-5-4-14-27-16-21)19-10-12-20(13-11-19)26-29-23(17-33-26)25(32)28-15-18-8-9-18/h4-6,10-14,16,18,23H,1-3,7-9,15,17H2,(H,28,32)(H,30,31)/b22-6+. The van der Waals surface area contributed by atoms with Crippen LogP contribution in [0.15, 0.2) is 59.9 Å². The molecule has 1 fully saturated rings. The molecule has 0 bridgehead atoms. The number of ether oxygens (including phenoxy) is 1. The van der Waals surface area contributed by atoms with Gasteiger partial charge in [-0.2, -0.15) is 0 Å². The van der Waals surface area contributed by atoms with Gasteiger partial charge in [0.2, 0.25) is 11.8 Å². The predicted molar refractivity (Wildman–Crippen MR) is 126 cm³/mol. The highest BCUT2D eigenvalue weighted by molar-refractivity contribution is 5.98. The van der Waals surface area contributed by atoms with Crippen molar-refractivity contribution in [3.63, 3.8) is 0 Å². The molecule has 0 radical (unpaired) electrons. The molecule has 1 atom stereocenters. The van der Waals surface area contributed by atoms with Crippen molar-refractivity contribution < 1.29 is 19.4 Å². The molecule has 0 saturated heterocycles. The molecule has 1 aliphatic heterocycles. The highest BCUT2D eigenvalue weighted by Gasteiger charge is 2.28.